The van der Waals surface area contributed by atoms with Crippen molar-refractivity contribution >= 4 is 72.9 Å². The highest BCUT2D eigenvalue weighted by Crippen LogP contribution is 2.29. The fraction of sp³-hybridized carbons (Fsp3) is 0.273. The standard InChI is InChI=1S/C11H11BrN6O2S.C11H11ClN6O2S.C11H11FN6O2S.C11H12N6O2S/c3*1-16-5-8(12)7(6-20-10-13-3-4-21-10)9(16)18-11(19)17(2)14-15-18;1-15-5-3-8(7-19-10-12-4-6-20-10)9(15)17-11(18)16(2)13-14-17/h3*3-5H,6H2,1-2H3;3-6H,7H2,1-2H3/i3*3T;4T. The first-order valence-electron chi connectivity index (χ1n) is 25.3. The number of hydrogen-bond donors (Lipinski definition) is 0. The Balaban J connectivity index is 0.000000138. The molecule has 0 aliphatic carbocycles. The number of hydrogen-bond acceptors (Lipinski definition) is 24. The topological polar surface area (TPSA) is 319 Å². The Labute approximate surface area is 499 Å². The van der Waals surface area contributed by atoms with Crippen LogP contribution in [0.4, 0.5) is 4.39 Å². The molecule has 12 rings (SSSR count). The SMILES string of the molecule is [3H]c1csc(OCc2c(Br)cn(C)c2-n2nnn(C)c2=O)n1.[3H]c1csc(OCc2c(Cl)cn(C)c2-n2nnn(C)c2=O)n1.[3H]c1csc(OCc2c(F)cn(C)c2-n2nnn(C)c2=O)n1.[3H]c1csc(OCc2ccn(C)c2-n2nnn(C)c2=O)n1. The molecule has 0 radical (unpaired) electrons. The van der Waals surface area contributed by atoms with Crippen molar-refractivity contribution in [3.63, 3.8) is 0 Å². The fourth-order valence-electron chi connectivity index (χ4n) is 7.41. The molecule has 32 nitrogen and oxygen atoms in total. The predicted octanol–water partition coefficient (Wildman–Crippen LogP) is 2.92. The minimum absolute atomic E-state index is 0.0823. The maximum Gasteiger partial charge on any atom is 0.369 e. The van der Waals surface area contributed by atoms with Crippen LogP contribution in [0.25, 0.3) is 23.3 Å². The van der Waals surface area contributed by atoms with E-state index in [4.69, 9.17) is 36.0 Å². The molecule has 12 heterocycles. The van der Waals surface area contributed by atoms with E-state index in [-0.39, 0.29) is 84.8 Å². The Kier molecular flexibility index (Phi) is 16.6. The van der Waals surface area contributed by atoms with Gasteiger partial charge in [0.25, 0.3) is 20.8 Å². The second kappa shape index (κ2) is 25.9. The number of tetrazole rings is 4. The van der Waals surface area contributed by atoms with Crippen LogP contribution >= 0.6 is 72.9 Å². The lowest BCUT2D eigenvalue weighted by Crippen LogP contribution is -2.24. The highest BCUT2D eigenvalue weighted by Gasteiger charge is 2.23. The molecule has 0 spiro atoms. The average molecular weight is 1310 g/mol. The lowest BCUT2D eigenvalue weighted by Gasteiger charge is -2.06. The molecule has 0 atom stereocenters. The molecular weight excluding hydrogens is 1260 g/mol. The average Bonchev–Trinajstić information content (AvgIpc) is 1.89. The maximum absolute atomic E-state index is 14.1. The van der Waals surface area contributed by atoms with Crippen molar-refractivity contribution in [1.82, 2.24) is 117 Å². The molecule has 83 heavy (non-hydrogen) atoms. The van der Waals surface area contributed by atoms with E-state index in [1.807, 2.05) is 25.5 Å². The predicted molar refractivity (Wildman–Crippen MR) is 301 cm³/mol. The van der Waals surface area contributed by atoms with E-state index in [2.05, 4.69) is 77.6 Å². The van der Waals surface area contributed by atoms with Crippen LogP contribution in [0.15, 0.2) is 101 Å². The monoisotopic (exact) mass is 1310 g/mol. The summed E-state index contributed by atoms with van der Waals surface area (Å²) in [6.45, 7) is 0.377. The van der Waals surface area contributed by atoms with Gasteiger partial charge in [0.05, 0.1) is 21.6 Å². The zero-order valence-corrected chi connectivity index (χ0v) is 49.9. The summed E-state index contributed by atoms with van der Waals surface area (Å²) in [4.78, 5) is 63.6. The normalized spacial score (nSPS) is 11.7. The van der Waals surface area contributed by atoms with Gasteiger partial charge in [0, 0.05) is 143 Å². The Morgan fingerprint density at radius 3 is 1.23 bits per heavy atom. The molecule has 0 bridgehead atoms. The summed E-state index contributed by atoms with van der Waals surface area (Å²) >= 11 is 14.5. The summed E-state index contributed by atoms with van der Waals surface area (Å²) in [5.74, 6) is 1.34. The summed E-state index contributed by atoms with van der Waals surface area (Å²) in [5, 5.41) is 38.1. The van der Waals surface area contributed by atoms with Gasteiger partial charge in [0.2, 0.25) is 0 Å². The third-order valence-corrected chi connectivity index (χ3v) is 14.8. The molecule has 0 amide bonds. The Morgan fingerprint density at radius 1 is 0.482 bits per heavy atom. The van der Waals surface area contributed by atoms with E-state index in [0.29, 0.717) is 43.6 Å². The fourth-order valence-corrected chi connectivity index (χ4v) is 10.1. The second-order valence-electron chi connectivity index (χ2n) is 16.8. The van der Waals surface area contributed by atoms with Crippen molar-refractivity contribution in [3.8, 4) is 44.0 Å². The highest BCUT2D eigenvalue weighted by molar-refractivity contribution is 9.10. The first kappa shape index (κ1) is 53.3. The summed E-state index contributed by atoms with van der Waals surface area (Å²) in [7, 11) is 13.0. The molecule has 12 aromatic rings. The molecule has 0 aliphatic rings. The van der Waals surface area contributed by atoms with Crippen LogP contribution in [0.3, 0.4) is 0 Å². The van der Waals surface area contributed by atoms with Crippen LogP contribution < -0.4 is 41.7 Å². The smallest absolute Gasteiger partial charge is 0.369 e. The largest absolute Gasteiger partial charge is 0.465 e. The molecule has 0 aromatic carbocycles. The third-order valence-electron chi connectivity index (χ3n) is 11.3. The van der Waals surface area contributed by atoms with E-state index in [9.17, 15) is 23.6 Å². The first-order chi connectivity index (χ1) is 41.5. The molecule has 0 saturated heterocycles. The highest BCUT2D eigenvalue weighted by atomic mass is 79.9. The number of ether oxygens (including phenoxy) is 4. The van der Waals surface area contributed by atoms with Crippen LogP contribution in [0, 0.1) is 5.82 Å². The van der Waals surface area contributed by atoms with Gasteiger partial charge < -0.3 is 37.2 Å². The summed E-state index contributed by atoms with van der Waals surface area (Å²) < 4.78 is 82.1. The van der Waals surface area contributed by atoms with Gasteiger partial charge in [-0.15, -0.1) is 18.7 Å². The molecule has 12 aromatic heterocycles. The summed E-state index contributed by atoms with van der Waals surface area (Å²) in [6, 6.07) is 1.84. The zero-order chi connectivity index (χ0) is 62.5. The number of thiazole rings is 4. The zero-order valence-electron chi connectivity index (χ0n) is 48.3. The van der Waals surface area contributed by atoms with Gasteiger partial charge in [0.15, 0.2) is 5.82 Å². The van der Waals surface area contributed by atoms with Crippen molar-refractivity contribution in [3.05, 3.63) is 157 Å². The summed E-state index contributed by atoms with van der Waals surface area (Å²) in [5.41, 5.74) is 0.708. The van der Waals surface area contributed by atoms with E-state index < -0.39 is 11.5 Å². The van der Waals surface area contributed by atoms with E-state index in [1.165, 1.54) is 87.7 Å². The van der Waals surface area contributed by atoms with Crippen LogP contribution in [0.1, 0.15) is 27.7 Å². The Bertz CT molecular complexity index is 4280. The van der Waals surface area contributed by atoms with Gasteiger partial charge in [-0.2, -0.15) is 18.7 Å². The van der Waals surface area contributed by atoms with E-state index in [0.717, 1.165) is 55.0 Å². The number of nitrogens with zero attached hydrogens (tertiary/aromatic N) is 24. The van der Waals surface area contributed by atoms with Gasteiger partial charge in [0.1, 0.15) is 49.7 Å². The van der Waals surface area contributed by atoms with Crippen LogP contribution in [0.2, 0.25) is 5.02 Å². The molecular formula is C44H45BrClFN24O8S4. The number of rotatable bonds is 16. The molecule has 434 valence electrons. The van der Waals surface area contributed by atoms with Crippen molar-refractivity contribution in [1.29, 1.82) is 0 Å². The Hall–Kier alpha value is -8.98. The molecule has 39 heteroatoms. The van der Waals surface area contributed by atoms with Crippen molar-refractivity contribution < 1.29 is 28.8 Å². The molecule has 0 fully saturated rings. The number of aromatic nitrogens is 24. The molecule has 0 aliphatic heterocycles. The second-order valence-corrected chi connectivity index (χ2v) is 21.3. The number of halogens is 3. The van der Waals surface area contributed by atoms with Gasteiger partial charge in [-0.1, -0.05) is 56.9 Å². The van der Waals surface area contributed by atoms with Crippen molar-refractivity contribution in [2.75, 3.05) is 0 Å². The first-order valence-corrected chi connectivity index (χ1v) is 28.0. The van der Waals surface area contributed by atoms with Crippen LogP contribution in [-0.4, -0.2) is 117 Å². The molecule has 0 unspecified atom stereocenters. The van der Waals surface area contributed by atoms with Gasteiger partial charge in [-0.25, -0.2) is 43.5 Å². The quantitative estimate of drug-likeness (QED) is 0.134. The van der Waals surface area contributed by atoms with Gasteiger partial charge >= 0.3 is 22.8 Å². The minimum atomic E-state index is -0.530. The lowest BCUT2D eigenvalue weighted by atomic mass is 10.3. The van der Waals surface area contributed by atoms with Crippen LogP contribution in [0.5, 0.6) is 20.8 Å². The van der Waals surface area contributed by atoms with Crippen molar-refractivity contribution in [2.24, 2.45) is 56.4 Å². The van der Waals surface area contributed by atoms with Gasteiger partial charge in [-0.05, 0) is 63.7 Å². The third kappa shape index (κ3) is 13.0. The van der Waals surface area contributed by atoms with Crippen molar-refractivity contribution in [2.45, 2.75) is 26.4 Å². The minimum Gasteiger partial charge on any atom is -0.465 e. The number of aryl methyl sites for hydroxylation is 8. The Morgan fingerprint density at radius 2 is 0.831 bits per heavy atom. The van der Waals surface area contributed by atoms with E-state index in [1.54, 1.807) is 57.2 Å². The van der Waals surface area contributed by atoms with Crippen LogP contribution in [-0.2, 0) is 82.8 Å². The molecule has 0 saturated carbocycles. The summed E-state index contributed by atoms with van der Waals surface area (Å²) in [6.07, 6.45) is 7.08. The molecule has 0 N–H and O–H groups in total. The maximum atomic E-state index is 14.1. The van der Waals surface area contributed by atoms with E-state index >= 15 is 0 Å². The lowest BCUT2D eigenvalue weighted by molar-refractivity contribution is 0.298. The van der Waals surface area contributed by atoms with Gasteiger partial charge in [-0.3, -0.25) is 0 Å².